The quantitative estimate of drug-likeness (QED) is 0.593. The van der Waals surface area contributed by atoms with Crippen molar-refractivity contribution in [1.82, 2.24) is 10.2 Å². The van der Waals surface area contributed by atoms with Crippen LogP contribution in [0.15, 0.2) is 0 Å². The zero-order valence-electron chi connectivity index (χ0n) is 14.8. The Morgan fingerprint density at radius 3 is 2.72 bits per heavy atom. The molecular weight excluding hydrogens is 362 g/mol. The van der Waals surface area contributed by atoms with E-state index in [0.717, 1.165) is 19.4 Å². The second kappa shape index (κ2) is 8.59. The number of hydrogen-bond donors (Lipinski definition) is 2. The third-order valence-electron chi connectivity index (χ3n) is 3.88. The van der Waals surface area contributed by atoms with Gasteiger partial charge in [-0.3, -0.25) is 4.79 Å². The second-order valence-corrected chi connectivity index (χ2v) is 7.35. The summed E-state index contributed by atoms with van der Waals surface area (Å²) in [6.45, 7) is 3.11. The SMILES string of the molecule is COC(=O)c1c(NC(=S)NC[C@H]2CCCO2)sc(C(=O)N(C)C)c1C. The van der Waals surface area contributed by atoms with Crippen LogP contribution in [0.2, 0.25) is 0 Å². The van der Waals surface area contributed by atoms with Crippen LogP contribution in [0.1, 0.15) is 38.4 Å². The summed E-state index contributed by atoms with van der Waals surface area (Å²) >= 11 is 6.50. The van der Waals surface area contributed by atoms with E-state index in [-0.39, 0.29) is 12.0 Å². The maximum absolute atomic E-state index is 12.3. The molecule has 1 aromatic heterocycles. The summed E-state index contributed by atoms with van der Waals surface area (Å²) in [5.74, 6) is -0.671. The van der Waals surface area contributed by atoms with Crippen LogP contribution in [0.25, 0.3) is 0 Å². The van der Waals surface area contributed by atoms with Gasteiger partial charge in [-0.15, -0.1) is 11.3 Å². The molecule has 1 atom stereocenters. The zero-order valence-corrected chi connectivity index (χ0v) is 16.4. The predicted molar refractivity (Wildman–Crippen MR) is 102 cm³/mol. The average Bonchev–Trinajstić information content (AvgIpc) is 3.19. The first-order valence-corrected chi connectivity index (χ1v) is 9.17. The Kier molecular flexibility index (Phi) is 6.74. The number of nitrogens with one attached hydrogen (secondary N) is 2. The van der Waals surface area contributed by atoms with Crippen LogP contribution in [0.4, 0.5) is 5.00 Å². The molecule has 0 bridgehead atoms. The van der Waals surface area contributed by atoms with Crippen LogP contribution in [-0.4, -0.2) is 62.3 Å². The number of thiophene rings is 1. The Balaban J connectivity index is 2.16. The van der Waals surface area contributed by atoms with Gasteiger partial charge in [0.25, 0.3) is 5.91 Å². The highest BCUT2D eigenvalue weighted by Gasteiger charge is 2.26. The number of nitrogens with zero attached hydrogens (tertiary/aromatic N) is 1. The highest BCUT2D eigenvalue weighted by molar-refractivity contribution is 7.80. The Morgan fingerprint density at radius 1 is 1.44 bits per heavy atom. The lowest BCUT2D eigenvalue weighted by Gasteiger charge is -2.14. The van der Waals surface area contributed by atoms with Crippen molar-refractivity contribution in [2.45, 2.75) is 25.9 Å². The number of rotatable bonds is 5. The van der Waals surface area contributed by atoms with E-state index in [1.807, 2.05) is 0 Å². The molecule has 0 aliphatic carbocycles. The fourth-order valence-electron chi connectivity index (χ4n) is 2.52. The highest BCUT2D eigenvalue weighted by Crippen LogP contribution is 2.34. The van der Waals surface area contributed by atoms with Gasteiger partial charge < -0.3 is 25.0 Å². The fourth-order valence-corrected chi connectivity index (χ4v) is 3.99. The van der Waals surface area contributed by atoms with Crippen molar-refractivity contribution in [3.63, 3.8) is 0 Å². The van der Waals surface area contributed by atoms with E-state index >= 15 is 0 Å². The number of methoxy groups -OCH3 is 1. The van der Waals surface area contributed by atoms with Crippen molar-refractivity contribution < 1.29 is 19.1 Å². The molecule has 2 rings (SSSR count). The van der Waals surface area contributed by atoms with Crippen molar-refractivity contribution in [3.05, 3.63) is 16.0 Å². The lowest BCUT2D eigenvalue weighted by atomic mass is 10.1. The minimum atomic E-state index is -0.504. The van der Waals surface area contributed by atoms with Gasteiger partial charge in [0.05, 0.1) is 23.7 Å². The molecule has 0 saturated carbocycles. The normalized spacial score (nSPS) is 16.4. The maximum Gasteiger partial charge on any atom is 0.341 e. The molecule has 25 heavy (non-hydrogen) atoms. The number of hydrogen-bond acceptors (Lipinski definition) is 6. The highest BCUT2D eigenvalue weighted by atomic mass is 32.1. The predicted octanol–water partition coefficient (Wildman–Crippen LogP) is 2.01. The van der Waals surface area contributed by atoms with Gasteiger partial charge in [-0.2, -0.15) is 0 Å². The monoisotopic (exact) mass is 385 g/mol. The lowest BCUT2D eigenvalue weighted by Crippen LogP contribution is -2.34. The molecule has 0 spiro atoms. The molecule has 1 aliphatic heterocycles. The van der Waals surface area contributed by atoms with Crippen molar-refractivity contribution in [2.24, 2.45) is 0 Å². The molecule has 2 heterocycles. The molecule has 9 heteroatoms. The van der Waals surface area contributed by atoms with Gasteiger partial charge >= 0.3 is 5.97 Å². The molecule has 1 saturated heterocycles. The van der Waals surface area contributed by atoms with E-state index in [9.17, 15) is 9.59 Å². The van der Waals surface area contributed by atoms with E-state index in [2.05, 4.69) is 10.6 Å². The van der Waals surface area contributed by atoms with Gasteiger partial charge in [0.15, 0.2) is 5.11 Å². The fraction of sp³-hybridized carbons (Fsp3) is 0.562. The number of amides is 1. The number of esters is 1. The topological polar surface area (TPSA) is 79.9 Å². The van der Waals surface area contributed by atoms with Crippen LogP contribution in [0.5, 0.6) is 0 Å². The van der Waals surface area contributed by atoms with Crippen molar-refractivity contribution in [3.8, 4) is 0 Å². The average molecular weight is 386 g/mol. The molecule has 1 aliphatic rings. The lowest BCUT2D eigenvalue weighted by molar-refractivity contribution is 0.0601. The standard InChI is InChI=1S/C16H23N3O4S2/c1-9-11(15(21)22-4)13(25-12(9)14(20)19(2)3)18-16(24)17-8-10-6-5-7-23-10/h10H,5-8H2,1-4H3,(H2,17,18,24)/t10-/m1/s1. The molecular formula is C16H23N3O4S2. The molecule has 0 radical (unpaired) electrons. The van der Waals surface area contributed by atoms with Gasteiger partial charge in [-0.1, -0.05) is 0 Å². The molecule has 0 aromatic carbocycles. The van der Waals surface area contributed by atoms with Gasteiger partial charge in [-0.05, 0) is 37.5 Å². The smallest absolute Gasteiger partial charge is 0.341 e. The maximum atomic E-state index is 12.3. The number of ether oxygens (including phenoxy) is 2. The second-order valence-electron chi connectivity index (χ2n) is 5.92. The Labute approximate surface area is 156 Å². The van der Waals surface area contributed by atoms with Gasteiger partial charge in [0, 0.05) is 27.2 Å². The number of anilines is 1. The van der Waals surface area contributed by atoms with Crippen LogP contribution in [0.3, 0.4) is 0 Å². The van der Waals surface area contributed by atoms with E-state index < -0.39 is 5.97 Å². The Hall–Kier alpha value is -1.71. The van der Waals surface area contributed by atoms with E-state index in [0.29, 0.717) is 32.7 Å². The minimum Gasteiger partial charge on any atom is -0.465 e. The molecule has 1 amide bonds. The molecule has 138 valence electrons. The van der Waals surface area contributed by atoms with Crippen LogP contribution in [0, 0.1) is 6.92 Å². The van der Waals surface area contributed by atoms with E-state index in [4.69, 9.17) is 21.7 Å². The van der Waals surface area contributed by atoms with Crippen LogP contribution >= 0.6 is 23.6 Å². The minimum absolute atomic E-state index is 0.149. The van der Waals surface area contributed by atoms with Crippen molar-refractivity contribution >= 4 is 45.5 Å². The van der Waals surface area contributed by atoms with Crippen molar-refractivity contribution in [1.29, 1.82) is 0 Å². The van der Waals surface area contributed by atoms with Gasteiger partial charge in [-0.25, -0.2) is 4.79 Å². The number of carbonyl (C=O) groups is 2. The van der Waals surface area contributed by atoms with Gasteiger partial charge in [0.1, 0.15) is 5.00 Å². The molecule has 1 aromatic rings. The summed E-state index contributed by atoms with van der Waals surface area (Å²) < 4.78 is 10.4. The van der Waals surface area contributed by atoms with Crippen molar-refractivity contribution in [2.75, 3.05) is 39.7 Å². The number of carbonyl (C=O) groups excluding carboxylic acids is 2. The zero-order chi connectivity index (χ0) is 18.6. The molecule has 0 unspecified atom stereocenters. The number of thiocarbonyl (C=S) groups is 1. The van der Waals surface area contributed by atoms with Gasteiger partial charge in [0.2, 0.25) is 0 Å². The summed E-state index contributed by atoms with van der Waals surface area (Å²) in [6.07, 6.45) is 2.21. The van der Waals surface area contributed by atoms with E-state index in [1.165, 1.54) is 23.3 Å². The van der Waals surface area contributed by atoms with E-state index in [1.54, 1.807) is 21.0 Å². The third-order valence-corrected chi connectivity index (χ3v) is 5.32. The first-order chi connectivity index (χ1) is 11.8. The summed E-state index contributed by atoms with van der Waals surface area (Å²) in [5, 5.41) is 6.99. The molecule has 1 fully saturated rings. The Morgan fingerprint density at radius 2 is 2.16 bits per heavy atom. The summed E-state index contributed by atoms with van der Waals surface area (Å²) in [6, 6.07) is 0. The van der Waals surface area contributed by atoms with Crippen LogP contribution < -0.4 is 10.6 Å². The first-order valence-electron chi connectivity index (χ1n) is 7.95. The summed E-state index contributed by atoms with van der Waals surface area (Å²) in [5.41, 5.74) is 0.916. The largest absolute Gasteiger partial charge is 0.465 e. The van der Waals surface area contributed by atoms with Crippen LogP contribution in [-0.2, 0) is 9.47 Å². The Bertz CT molecular complexity index is 667. The molecule has 2 N–H and O–H groups in total. The molecule has 7 nitrogen and oxygen atoms in total. The third kappa shape index (κ3) is 4.68. The summed E-state index contributed by atoms with van der Waals surface area (Å²) in [4.78, 5) is 26.4. The first kappa shape index (κ1) is 19.6. The summed E-state index contributed by atoms with van der Waals surface area (Å²) in [7, 11) is 4.64.